The molecule has 1 N–H and O–H groups in total. The van der Waals surface area contributed by atoms with E-state index < -0.39 is 5.66 Å². The first-order valence-corrected chi connectivity index (χ1v) is 9.48. The van der Waals surface area contributed by atoms with Crippen molar-refractivity contribution in [3.8, 4) is 0 Å². The Morgan fingerprint density at radius 2 is 1.85 bits per heavy atom. The molecule has 1 aromatic rings. The first kappa shape index (κ1) is 18.6. The lowest BCUT2D eigenvalue weighted by Gasteiger charge is -2.41. The summed E-state index contributed by atoms with van der Waals surface area (Å²) >= 11 is 0. The highest BCUT2D eigenvalue weighted by atomic mass is 16.2. The lowest BCUT2D eigenvalue weighted by Crippen LogP contribution is -2.54. The summed E-state index contributed by atoms with van der Waals surface area (Å²) in [5.74, 6) is 0.375. The van der Waals surface area contributed by atoms with Gasteiger partial charge in [-0.1, -0.05) is 37.3 Å². The van der Waals surface area contributed by atoms with Gasteiger partial charge >= 0.3 is 0 Å². The van der Waals surface area contributed by atoms with Crippen molar-refractivity contribution in [2.24, 2.45) is 10.9 Å². The minimum atomic E-state index is -0.565. The number of benzene rings is 1. The van der Waals surface area contributed by atoms with Gasteiger partial charge in [0.25, 0.3) is 5.91 Å². The number of aliphatic imine (C=N–C) groups is 1. The highest BCUT2D eigenvalue weighted by Crippen LogP contribution is 2.41. The van der Waals surface area contributed by atoms with Gasteiger partial charge in [0.2, 0.25) is 5.91 Å². The Kier molecular flexibility index (Phi) is 4.91. The molecule has 2 amide bonds. The summed E-state index contributed by atoms with van der Waals surface area (Å²) in [6, 6.07) is 9.57. The van der Waals surface area contributed by atoms with Crippen LogP contribution in [-0.4, -0.2) is 40.2 Å². The first-order chi connectivity index (χ1) is 12.2. The summed E-state index contributed by atoms with van der Waals surface area (Å²) in [4.78, 5) is 32.3. The topological polar surface area (TPSA) is 61.8 Å². The van der Waals surface area contributed by atoms with Gasteiger partial charge in [-0.25, -0.2) is 0 Å². The third-order valence-corrected chi connectivity index (χ3v) is 5.21. The molecule has 1 aliphatic carbocycles. The van der Waals surface area contributed by atoms with Gasteiger partial charge in [0, 0.05) is 11.1 Å². The molecule has 5 heteroatoms. The molecule has 0 atom stereocenters. The first-order valence-electron chi connectivity index (χ1n) is 9.48. The van der Waals surface area contributed by atoms with Gasteiger partial charge < -0.3 is 10.2 Å². The number of nitrogens with one attached hydrogen (secondary N) is 1. The average Bonchev–Trinajstić information content (AvgIpc) is 2.83. The summed E-state index contributed by atoms with van der Waals surface area (Å²) < 4.78 is 0. The zero-order valence-corrected chi connectivity index (χ0v) is 16.2. The molecule has 0 radical (unpaired) electrons. The molecule has 1 spiro atoms. The van der Waals surface area contributed by atoms with Gasteiger partial charge in [0.05, 0.1) is 0 Å². The lowest BCUT2D eigenvalue weighted by atomic mass is 9.82. The van der Waals surface area contributed by atoms with E-state index in [2.05, 4.69) is 12.2 Å². The van der Waals surface area contributed by atoms with Gasteiger partial charge in [-0.2, -0.15) is 0 Å². The van der Waals surface area contributed by atoms with E-state index in [9.17, 15) is 9.59 Å². The van der Waals surface area contributed by atoms with Crippen LogP contribution < -0.4 is 5.32 Å². The summed E-state index contributed by atoms with van der Waals surface area (Å²) in [6.45, 7) is 8.13. The summed E-state index contributed by atoms with van der Waals surface area (Å²) in [7, 11) is 0. The van der Waals surface area contributed by atoms with E-state index in [0.29, 0.717) is 11.6 Å². The molecule has 140 valence electrons. The van der Waals surface area contributed by atoms with E-state index in [-0.39, 0.29) is 23.9 Å². The van der Waals surface area contributed by atoms with Crippen LogP contribution in [0.2, 0.25) is 0 Å². The van der Waals surface area contributed by atoms with Gasteiger partial charge in [-0.3, -0.25) is 14.6 Å². The van der Waals surface area contributed by atoms with Gasteiger partial charge in [0.15, 0.2) is 0 Å². The molecule has 0 saturated heterocycles. The molecular weight excluding hydrogens is 326 g/mol. The van der Waals surface area contributed by atoms with Crippen LogP contribution in [-0.2, 0) is 9.59 Å². The van der Waals surface area contributed by atoms with Crippen molar-refractivity contribution in [3.63, 3.8) is 0 Å². The quantitative estimate of drug-likeness (QED) is 0.905. The molecule has 0 aromatic heterocycles. The Balaban J connectivity index is 1.89. The van der Waals surface area contributed by atoms with Crippen LogP contribution in [0, 0.1) is 5.92 Å². The molecule has 26 heavy (non-hydrogen) atoms. The minimum absolute atomic E-state index is 0.0598. The van der Waals surface area contributed by atoms with Crippen LogP contribution in [0.4, 0.5) is 0 Å². The summed E-state index contributed by atoms with van der Waals surface area (Å²) in [5.41, 5.74) is 0.430. The van der Waals surface area contributed by atoms with Crippen molar-refractivity contribution >= 4 is 17.5 Å². The Morgan fingerprint density at radius 1 is 1.23 bits per heavy atom. The Labute approximate surface area is 155 Å². The molecule has 5 nitrogen and oxygen atoms in total. The fraction of sp³-hybridized carbons (Fsp3) is 0.571. The maximum absolute atomic E-state index is 13.2. The van der Waals surface area contributed by atoms with E-state index in [4.69, 9.17) is 4.99 Å². The van der Waals surface area contributed by atoms with Crippen molar-refractivity contribution in [3.05, 3.63) is 35.9 Å². The maximum atomic E-state index is 13.2. The number of rotatable bonds is 3. The standard InChI is InChI=1S/C21H29N3O2/c1-15-10-12-21(13-11-15)23-18(16-8-6-5-7-9-16)19(26)24(21)14-17(25)22-20(2,3)4/h5-9,15H,10-14H2,1-4H3,(H,22,25). The zero-order valence-electron chi connectivity index (χ0n) is 16.2. The van der Waals surface area contributed by atoms with Gasteiger partial charge in [-0.15, -0.1) is 0 Å². The molecule has 0 unspecified atom stereocenters. The lowest BCUT2D eigenvalue weighted by molar-refractivity contribution is -0.136. The normalized spacial score (nSPS) is 26.2. The second kappa shape index (κ2) is 6.86. The van der Waals surface area contributed by atoms with Gasteiger partial charge in [-0.05, 0) is 52.4 Å². The predicted octanol–water partition coefficient (Wildman–Crippen LogP) is 3.14. The molecule has 1 fully saturated rings. The largest absolute Gasteiger partial charge is 0.350 e. The van der Waals surface area contributed by atoms with E-state index >= 15 is 0 Å². The molecule has 1 saturated carbocycles. The maximum Gasteiger partial charge on any atom is 0.275 e. The van der Waals surface area contributed by atoms with Crippen LogP contribution in [0.1, 0.15) is 58.9 Å². The van der Waals surface area contributed by atoms with E-state index in [0.717, 1.165) is 31.2 Å². The van der Waals surface area contributed by atoms with Crippen molar-refractivity contribution in [1.29, 1.82) is 0 Å². The molecule has 1 heterocycles. The zero-order chi connectivity index (χ0) is 18.9. The van der Waals surface area contributed by atoms with E-state index in [1.54, 1.807) is 4.90 Å². The number of amides is 2. The summed E-state index contributed by atoms with van der Waals surface area (Å²) in [5, 5.41) is 2.97. The Hall–Kier alpha value is -2.17. The monoisotopic (exact) mass is 355 g/mol. The van der Waals surface area contributed by atoms with Crippen molar-refractivity contribution in [1.82, 2.24) is 10.2 Å². The molecule has 3 rings (SSSR count). The molecule has 1 aromatic carbocycles. The second-order valence-electron chi connectivity index (χ2n) is 8.68. The molecule has 0 bridgehead atoms. The SMILES string of the molecule is CC1CCC2(CC1)N=C(c1ccccc1)C(=O)N2CC(=O)NC(C)(C)C. The fourth-order valence-electron chi connectivity index (χ4n) is 3.84. The fourth-order valence-corrected chi connectivity index (χ4v) is 3.84. The van der Waals surface area contributed by atoms with Crippen LogP contribution in [0.25, 0.3) is 0 Å². The van der Waals surface area contributed by atoms with Crippen molar-refractivity contribution in [2.75, 3.05) is 6.54 Å². The van der Waals surface area contributed by atoms with Crippen molar-refractivity contribution in [2.45, 2.75) is 64.6 Å². The van der Waals surface area contributed by atoms with Crippen molar-refractivity contribution < 1.29 is 9.59 Å². The third-order valence-electron chi connectivity index (χ3n) is 5.21. The number of hydrogen-bond acceptors (Lipinski definition) is 3. The Bertz CT molecular complexity index is 711. The average molecular weight is 355 g/mol. The highest BCUT2D eigenvalue weighted by Gasteiger charge is 2.49. The number of nitrogens with zero attached hydrogens (tertiary/aromatic N) is 2. The predicted molar refractivity (Wildman–Crippen MR) is 103 cm³/mol. The summed E-state index contributed by atoms with van der Waals surface area (Å²) in [6.07, 6.45) is 3.69. The van der Waals surface area contributed by atoms with E-state index in [1.807, 2.05) is 51.1 Å². The third kappa shape index (κ3) is 3.81. The van der Waals surface area contributed by atoms with Gasteiger partial charge in [0.1, 0.15) is 17.9 Å². The number of carbonyl (C=O) groups is 2. The van der Waals surface area contributed by atoms with E-state index in [1.165, 1.54) is 0 Å². The second-order valence-corrected chi connectivity index (χ2v) is 8.68. The van der Waals surface area contributed by atoms with Crippen LogP contribution in [0.3, 0.4) is 0 Å². The Morgan fingerprint density at radius 3 is 2.42 bits per heavy atom. The van der Waals surface area contributed by atoms with Crippen LogP contribution in [0.5, 0.6) is 0 Å². The molecule has 1 aliphatic heterocycles. The minimum Gasteiger partial charge on any atom is -0.350 e. The number of carbonyl (C=O) groups excluding carboxylic acids is 2. The smallest absolute Gasteiger partial charge is 0.275 e. The van der Waals surface area contributed by atoms with Crippen LogP contribution in [0.15, 0.2) is 35.3 Å². The number of hydrogen-bond donors (Lipinski definition) is 1. The highest BCUT2D eigenvalue weighted by molar-refractivity contribution is 6.47. The molecule has 2 aliphatic rings. The van der Waals surface area contributed by atoms with Crippen LogP contribution >= 0.6 is 0 Å². The molecular formula is C21H29N3O2.